The highest BCUT2D eigenvalue weighted by atomic mass is 32.2. The van der Waals surface area contributed by atoms with E-state index < -0.39 is 0 Å². The smallest absolute Gasteiger partial charge is 0.258 e. The van der Waals surface area contributed by atoms with Crippen molar-refractivity contribution in [3.63, 3.8) is 0 Å². The average Bonchev–Trinajstić information content (AvgIpc) is 3.29. The number of nitrogens with one attached hydrogen (secondary N) is 2. The molecular formula is C26H28FN3O3S. The van der Waals surface area contributed by atoms with Gasteiger partial charge in [-0.1, -0.05) is 36.4 Å². The van der Waals surface area contributed by atoms with Gasteiger partial charge in [-0.3, -0.25) is 9.36 Å². The Bertz CT molecular complexity index is 1240. The fourth-order valence-corrected chi connectivity index (χ4v) is 5.30. The number of anilines is 3. The van der Waals surface area contributed by atoms with Crippen LogP contribution in [0.2, 0.25) is 0 Å². The second kappa shape index (κ2) is 9.72. The van der Waals surface area contributed by atoms with Gasteiger partial charge in [0.05, 0.1) is 30.6 Å². The van der Waals surface area contributed by atoms with Gasteiger partial charge in [-0.15, -0.1) is 0 Å². The first kappa shape index (κ1) is 22.8. The van der Waals surface area contributed by atoms with Gasteiger partial charge in [0.1, 0.15) is 18.1 Å². The van der Waals surface area contributed by atoms with E-state index in [-0.39, 0.29) is 17.5 Å². The van der Waals surface area contributed by atoms with Crippen molar-refractivity contribution < 1.29 is 13.9 Å². The molecule has 1 saturated carbocycles. The van der Waals surface area contributed by atoms with E-state index in [0.29, 0.717) is 53.5 Å². The van der Waals surface area contributed by atoms with Gasteiger partial charge in [0.15, 0.2) is 0 Å². The molecule has 8 heteroatoms. The Morgan fingerprint density at radius 2 is 1.94 bits per heavy atom. The molecule has 0 unspecified atom stereocenters. The fraction of sp³-hybridized carbons (Fsp3) is 0.346. The van der Waals surface area contributed by atoms with E-state index in [1.165, 1.54) is 11.6 Å². The van der Waals surface area contributed by atoms with Crippen LogP contribution in [0.3, 0.4) is 0 Å². The van der Waals surface area contributed by atoms with Crippen molar-refractivity contribution in [2.45, 2.75) is 51.2 Å². The number of pyridine rings is 1. The molecule has 0 spiro atoms. The average molecular weight is 482 g/mol. The Kier molecular flexibility index (Phi) is 6.52. The summed E-state index contributed by atoms with van der Waals surface area (Å²) in [6.45, 7) is 5.16. The molecular weight excluding hydrogens is 453 g/mol. The number of hydrogen-bond acceptors (Lipinski definition) is 6. The van der Waals surface area contributed by atoms with E-state index in [4.69, 9.17) is 9.47 Å². The maximum atomic E-state index is 14.6. The number of halogens is 1. The maximum Gasteiger partial charge on any atom is 0.258 e. The summed E-state index contributed by atoms with van der Waals surface area (Å²) in [5, 5.41) is 3.52. The monoisotopic (exact) mass is 481 g/mol. The van der Waals surface area contributed by atoms with E-state index in [2.05, 4.69) is 22.2 Å². The Morgan fingerprint density at radius 3 is 2.71 bits per heavy atom. The lowest BCUT2D eigenvalue weighted by atomic mass is 9.95. The minimum absolute atomic E-state index is 0.129. The molecule has 1 aliphatic carbocycles. The molecule has 2 aliphatic rings. The van der Waals surface area contributed by atoms with Crippen LogP contribution in [0.25, 0.3) is 0 Å². The number of aromatic nitrogens is 1. The Balaban J connectivity index is 1.29. The van der Waals surface area contributed by atoms with Gasteiger partial charge in [-0.2, -0.15) is 0 Å². The number of aryl methyl sites for hydroxylation is 1. The standard InChI is InChI=1S/C26H28FN3O3S/c1-16-8-9-22(21(27)12-16)28-23-17(2)25(31)30-10-11-32-26(30)24(23)29-34-20-13-19(14-20)33-15-18-6-4-3-5-7-18/h3-9,12,19-20,28-29H,10-11,13-15H2,1-2H3. The number of ether oxygens (including phenoxy) is 2. The molecule has 2 heterocycles. The van der Waals surface area contributed by atoms with Crippen LogP contribution >= 0.6 is 11.9 Å². The molecule has 0 saturated heterocycles. The van der Waals surface area contributed by atoms with Gasteiger partial charge >= 0.3 is 0 Å². The molecule has 1 fully saturated rings. The molecule has 0 amide bonds. The van der Waals surface area contributed by atoms with Crippen molar-refractivity contribution in [2.24, 2.45) is 0 Å². The van der Waals surface area contributed by atoms with Crippen molar-refractivity contribution in [1.82, 2.24) is 4.57 Å². The molecule has 2 aromatic carbocycles. The van der Waals surface area contributed by atoms with Crippen molar-refractivity contribution >= 4 is 29.0 Å². The Hall–Kier alpha value is -2.97. The summed E-state index contributed by atoms with van der Waals surface area (Å²) in [6.07, 6.45) is 2.12. The lowest BCUT2D eigenvalue weighted by molar-refractivity contribution is -0.00494. The van der Waals surface area contributed by atoms with Gasteiger partial charge in [-0.05, 0) is 61.9 Å². The third kappa shape index (κ3) is 4.65. The summed E-state index contributed by atoms with van der Waals surface area (Å²) < 4.78 is 31.5. The summed E-state index contributed by atoms with van der Waals surface area (Å²) in [5.41, 5.74) is 3.94. The molecule has 0 radical (unpaired) electrons. The molecule has 1 aliphatic heterocycles. The van der Waals surface area contributed by atoms with E-state index in [9.17, 15) is 9.18 Å². The molecule has 2 N–H and O–H groups in total. The minimum Gasteiger partial charge on any atom is -0.475 e. The highest BCUT2D eigenvalue weighted by molar-refractivity contribution is 8.01. The minimum atomic E-state index is -0.364. The van der Waals surface area contributed by atoms with Crippen LogP contribution in [-0.4, -0.2) is 22.5 Å². The van der Waals surface area contributed by atoms with Crippen molar-refractivity contribution in [1.29, 1.82) is 0 Å². The molecule has 178 valence electrons. The fourth-order valence-electron chi connectivity index (χ4n) is 4.21. The zero-order chi connectivity index (χ0) is 23.7. The topological polar surface area (TPSA) is 64.5 Å². The molecule has 5 rings (SSSR count). The predicted octanol–water partition coefficient (Wildman–Crippen LogP) is 5.55. The van der Waals surface area contributed by atoms with Crippen LogP contribution in [-0.2, 0) is 17.9 Å². The van der Waals surface area contributed by atoms with E-state index in [1.807, 2.05) is 31.2 Å². The number of fused-ring (bicyclic) bond motifs is 1. The highest BCUT2D eigenvalue weighted by Crippen LogP contribution is 2.42. The van der Waals surface area contributed by atoms with Crippen LogP contribution in [0.4, 0.5) is 21.5 Å². The van der Waals surface area contributed by atoms with Crippen molar-refractivity contribution in [3.05, 3.63) is 81.4 Å². The molecule has 0 bridgehead atoms. The van der Waals surface area contributed by atoms with Crippen molar-refractivity contribution in [3.8, 4) is 5.88 Å². The zero-order valence-electron chi connectivity index (χ0n) is 19.3. The number of benzene rings is 2. The first-order valence-electron chi connectivity index (χ1n) is 11.5. The summed E-state index contributed by atoms with van der Waals surface area (Å²) in [7, 11) is 0. The molecule has 1 aromatic heterocycles. The quantitative estimate of drug-likeness (QED) is 0.412. The van der Waals surface area contributed by atoms with Crippen molar-refractivity contribution in [2.75, 3.05) is 16.6 Å². The molecule has 6 nitrogen and oxygen atoms in total. The van der Waals surface area contributed by atoms with Crippen LogP contribution in [0.15, 0.2) is 53.3 Å². The van der Waals surface area contributed by atoms with E-state index >= 15 is 0 Å². The molecule has 3 aromatic rings. The number of hydrogen-bond donors (Lipinski definition) is 2. The number of rotatable bonds is 8. The van der Waals surface area contributed by atoms with E-state index in [0.717, 1.165) is 18.4 Å². The van der Waals surface area contributed by atoms with Crippen LogP contribution in [0.1, 0.15) is 29.5 Å². The maximum absolute atomic E-state index is 14.6. The molecule has 34 heavy (non-hydrogen) atoms. The highest BCUT2D eigenvalue weighted by Gasteiger charge is 2.32. The second-order valence-electron chi connectivity index (χ2n) is 8.83. The van der Waals surface area contributed by atoms with Crippen LogP contribution in [0, 0.1) is 19.7 Å². The normalized spacial score (nSPS) is 18.7. The van der Waals surface area contributed by atoms with Gasteiger partial charge < -0.3 is 19.5 Å². The lowest BCUT2D eigenvalue weighted by Crippen LogP contribution is -2.34. The SMILES string of the molecule is Cc1ccc(Nc2c(NSC3CC(OCc4ccccc4)C3)c3n(c(=O)c2C)CCO3)c(F)c1. The summed E-state index contributed by atoms with van der Waals surface area (Å²) >= 11 is 1.59. The van der Waals surface area contributed by atoms with Gasteiger partial charge in [0.25, 0.3) is 5.56 Å². The third-order valence-electron chi connectivity index (χ3n) is 6.30. The molecule has 0 atom stereocenters. The van der Waals surface area contributed by atoms with Gasteiger partial charge in [-0.25, -0.2) is 4.39 Å². The van der Waals surface area contributed by atoms with Gasteiger partial charge in [0, 0.05) is 10.8 Å². The van der Waals surface area contributed by atoms with Crippen LogP contribution in [0.5, 0.6) is 5.88 Å². The summed E-state index contributed by atoms with van der Waals surface area (Å²) in [5.74, 6) is 0.131. The lowest BCUT2D eigenvalue weighted by Gasteiger charge is -2.34. The predicted molar refractivity (Wildman–Crippen MR) is 135 cm³/mol. The largest absolute Gasteiger partial charge is 0.475 e. The Morgan fingerprint density at radius 1 is 1.15 bits per heavy atom. The van der Waals surface area contributed by atoms with E-state index in [1.54, 1.807) is 29.5 Å². The first-order chi connectivity index (χ1) is 16.5. The third-order valence-corrected chi connectivity index (χ3v) is 7.34. The zero-order valence-corrected chi connectivity index (χ0v) is 20.1. The second-order valence-corrected chi connectivity index (χ2v) is 9.93. The summed E-state index contributed by atoms with van der Waals surface area (Å²) in [6, 6.07) is 15.2. The Labute approximate surface area is 202 Å². The number of nitrogens with zero attached hydrogens (tertiary/aromatic N) is 1. The summed E-state index contributed by atoms with van der Waals surface area (Å²) in [4.78, 5) is 12.9. The van der Waals surface area contributed by atoms with Crippen LogP contribution < -0.4 is 20.3 Å². The van der Waals surface area contributed by atoms with Gasteiger partial charge in [0.2, 0.25) is 5.88 Å². The first-order valence-corrected chi connectivity index (χ1v) is 12.4.